The number of hydrogen-bond donors (Lipinski definition) is 1. The second-order valence-corrected chi connectivity index (χ2v) is 8.25. The highest BCUT2D eigenvalue weighted by Gasteiger charge is 2.43. The van der Waals surface area contributed by atoms with Gasteiger partial charge in [-0.05, 0) is 48.9 Å². The molecule has 0 radical (unpaired) electrons. The van der Waals surface area contributed by atoms with Crippen molar-refractivity contribution in [2.24, 2.45) is 0 Å². The fraction of sp³-hybridized carbons (Fsp3) is 0.0833. The number of hydrogen-bond acceptors (Lipinski definition) is 2. The van der Waals surface area contributed by atoms with Crippen molar-refractivity contribution < 1.29 is 9.18 Å². The fourth-order valence-electron chi connectivity index (χ4n) is 3.91. The summed E-state index contributed by atoms with van der Waals surface area (Å²) in [6.07, 6.45) is 0. The molecule has 3 aromatic carbocycles. The van der Waals surface area contributed by atoms with Crippen LogP contribution >= 0.6 is 15.9 Å². The van der Waals surface area contributed by atoms with E-state index in [0.29, 0.717) is 5.69 Å². The number of aromatic nitrogens is 2. The normalized spacial score (nSPS) is 15.5. The number of aromatic amines is 1. The van der Waals surface area contributed by atoms with Crippen LogP contribution in [-0.2, 0) is 0 Å². The number of nitrogens with zero attached hydrogens (tertiary/aromatic N) is 2. The molecule has 6 heteroatoms. The summed E-state index contributed by atoms with van der Waals surface area (Å²) in [6, 6.07) is 21.5. The number of halogens is 2. The second-order valence-electron chi connectivity index (χ2n) is 7.33. The van der Waals surface area contributed by atoms with Crippen molar-refractivity contribution >= 4 is 27.5 Å². The van der Waals surface area contributed by atoms with Crippen molar-refractivity contribution in [2.45, 2.75) is 13.0 Å². The quantitative estimate of drug-likeness (QED) is 0.404. The van der Waals surface area contributed by atoms with Crippen LogP contribution in [0.25, 0.3) is 11.3 Å². The molecule has 1 N–H and O–H groups in total. The number of aryl methyl sites for hydroxylation is 1. The summed E-state index contributed by atoms with van der Waals surface area (Å²) in [5, 5.41) is 7.41. The predicted octanol–water partition coefficient (Wildman–Crippen LogP) is 6.04. The number of carbonyl (C=O) groups is 1. The third-order valence-electron chi connectivity index (χ3n) is 5.38. The van der Waals surface area contributed by atoms with Gasteiger partial charge in [-0.2, -0.15) is 5.10 Å². The van der Waals surface area contributed by atoms with Gasteiger partial charge in [0.05, 0.1) is 11.7 Å². The van der Waals surface area contributed by atoms with E-state index in [1.807, 2.05) is 55.5 Å². The van der Waals surface area contributed by atoms with Crippen molar-refractivity contribution in [3.63, 3.8) is 0 Å². The summed E-state index contributed by atoms with van der Waals surface area (Å²) in [4.78, 5) is 15.2. The van der Waals surface area contributed by atoms with Gasteiger partial charge in [0.25, 0.3) is 5.91 Å². The minimum Gasteiger partial charge on any atom is -0.295 e. The molecule has 1 amide bonds. The zero-order valence-electron chi connectivity index (χ0n) is 16.1. The maximum atomic E-state index is 13.6. The minimum absolute atomic E-state index is 0.154. The Hall–Kier alpha value is -3.25. The SMILES string of the molecule is Cc1ccc(N2C(=O)c3[nH]nc(-c4ccc(Br)cc4)c3C2c2ccc(F)cc2)cc1. The summed E-state index contributed by atoms with van der Waals surface area (Å²) >= 11 is 3.46. The fourth-order valence-corrected chi connectivity index (χ4v) is 4.17. The van der Waals surface area contributed by atoms with Crippen LogP contribution in [0, 0.1) is 12.7 Å². The molecule has 0 saturated carbocycles. The first kappa shape index (κ1) is 18.8. The van der Waals surface area contributed by atoms with E-state index >= 15 is 0 Å². The molecule has 0 aliphatic carbocycles. The number of amides is 1. The minimum atomic E-state index is -0.409. The molecule has 0 fully saturated rings. The standard InChI is InChI=1S/C24H17BrFN3O/c1-14-2-12-19(13-3-14)29-23(16-6-10-18(26)11-7-16)20-21(27-28-22(20)24(29)30)15-4-8-17(25)9-5-15/h2-13,23H,1H3,(H,27,28). The smallest absolute Gasteiger partial charge is 0.277 e. The molecule has 0 saturated heterocycles. The topological polar surface area (TPSA) is 49.0 Å². The predicted molar refractivity (Wildman–Crippen MR) is 118 cm³/mol. The molecule has 0 bridgehead atoms. The van der Waals surface area contributed by atoms with Gasteiger partial charge in [-0.1, -0.05) is 57.9 Å². The van der Waals surface area contributed by atoms with Gasteiger partial charge in [-0.15, -0.1) is 0 Å². The number of fused-ring (bicyclic) bond motifs is 1. The number of benzene rings is 3. The van der Waals surface area contributed by atoms with Crippen LogP contribution in [0.2, 0.25) is 0 Å². The molecule has 4 aromatic rings. The lowest BCUT2D eigenvalue weighted by Gasteiger charge is -2.26. The van der Waals surface area contributed by atoms with Crippen LogP contribution in [-0.4, -0.2) is 16.1 Å². The molecule has 1 aliphatic heterocycles. The highest BCUT2D eigenvalue weighted by atomic mass is 79.9. The highest BCUT2D eigenvalue weighted by Crippen LogP contribution is 2.45. The first-order valence-corrected chi connectivity index (χ1v) is 10.3. The van der Waals surface area contributed by atoms with Crippen molar-refractivity contribution in [1.29, 1.82) is 0 Å². The van der Waals surface area contributed by atoms with E-state index < -0.39 is 6.04 Å². The Bertz CT molecular complexity index is 1230. The molecular formula is C24H17BrFN3O. The summed E-state index contributed by atoms with van der Waals surface area (Å²) in [5.41, 5.74) is 5.60. The molecule has 0 spiro atoms. The van der Waals surface area contributed by atoms with Crippen molar-refractivity contribution in [3.05, 3.63) is 105 Å². The molecular weight excluding hydrogens is 445 g/mol. The largest absolute Gasteiger partial charge is 0.295 e. The van der Waals surface area contributed by atoms with Crippen molar-refractivity contribution in [1.82, 2.24) is 10.2 Å². The Morgan fingerprint density at radius 2 is 1.63 bits per heavy atom. The van der Waals surface area contributed by atoms with Gasteiger partial charge < -0.3 is 0 Å². The lowest BCUT2D eigenvalue weighted by Crippen LogP contribution is -2.29. The Morgan fingerprint density at radius 3 is 2.30 bits per heavy atom. The van der Waals surface area contributed by atoms with Gasteiger partial charge in [0.1, 0.15) is 11.5 Å². The second kappa shape index (κ2) is 7.22. The van der Waals surface area contributed by atoms with Crippen LogP contribution in [0.1, 0.15) is 33.2 Å². The van der Waals surface area contributed by atoms with Gasteiger partial charge in [-0.25, -0.2) is 4.39 Å². The molecule has 1 aromatic heterocycles. The van der Waals surface area contributed by atoms with E-state index in [1.54, 1.807) is 17.0 Å². The molecule has 30 heavy (non-hydrogen) atoms. The van der Waals surface area contributed by atoms with Gasteiger partial charge in [0.2, 0.25) is 0 Å². The van der Waals surface area contributed by atoms with Gasteiger partial charge in [0, 0.05) is 21.3 Å². The molecule has 1 unspecified atom stereocenters. The highest BCUT2D eigenvalue weighted by molar-refractivity contribution is 9.10. The Morgan fingerprint density at radius 1 is 0.967 bits per heavy atom. The van der Waals surface area contributed by atoms with Gasteiger partial charge in [0.15, 0.2) is 0 Å². The monoisotopic (exact) mass is 461 g/mol. The maximum Gasteiger partial charge on any atom is 0.277 e. The number of carbonyl (C=O) groups excluding carboxylic acids is 1. The number of H-pyrrole nitrogens is 1. The number of nitrogens with one attached hydrogen (secondary N) is 1. The third-order valence-corrected chi connectivity index (χ3v) is 5.91. The van der Waals surface area contributed by atoms with Crippen LogP contribution < -0.4 is 4.90 Å². The van der Waals surface area contributed by atoms with Crippen LogP contribution in [0.15, 0.2) is 77.3 Å². The summed E-state index contributed by atoms with van der Waals surface area (Å²) in [7, 11) is 0. The molecule has 148 valence electrons. The zero-order valence-corrected chi connectivity index (χ0v) is 17.7. The Labute approximate surface area is 181 Å². The molecule has 2 heterocycles. The van der Waals surface area contributed by atoms with E-state index in [-0.39, 0.29) is 11.7 Å². The van der Waals surface area contributed by atoms with Crippen LogP contribution in [0.3, 0.4) is 0 Å². The number of rotatable bonds is 3. The third kappa shape index (κ3) is 3.04. The average molecular weight is 462 g/mol. The number of anilines is 1. The van der Waals surface area contributed by atoms with E-state index in [4.69, 9.17) is 0 Å². The van der Waals surface area contributed by atoms with E-state index in [1.165, 1.54) is 12.1 Å². The van der Waals surface area contributed by atoms with E-state index in [0.717, 1.165) is 38.1 Å². The summed E-state index contributed by atoms with van der Waals surface area (Å²) in [6.45, 7) is 2.01. The molecule has 4 nitrogen and oxygen atoms in total. The van der Waals surface area contributed by atoms with Crippen LogP contribution in [0.5, 0.6) is 0 Å². The van der Waals surface area contributed by atoms with Crippen molar-refractivity contribution in [3.8, 4) is 11.3 Å². The Balaban J connectivity index is 1.71. The van der Waals surface area contributed by atoms with Crippen molar-refractivity contribution in [2.75, 3.05) is 4.90 Å². The Kier molecular flexibility index (Phi) is 4.51. The van der Waals surface area contributed by atoms with Gasteiger partial charge >= 0.3 is 0 Å². The molecule has 1 atom stereocenters. The van der Waals surface area contributed by atoms with E-state index in [9.17, 15) is 9.18 Å². The lowest BCUT2D eigenvalue weighted by molar-refractivity contribution is 0.0989. The zero-order chi connectivity index (χ0) is 20.8. The summed E-state index contributed by atoms with van der Waals surface area (Å²) in [5.74, 6) is -0.468. The first-order valence-electron chi connectivity index (χ1n) is 9.53. The molecule has 5 rings (SSSR count). The molecule has 1 aliphatic rings. The summed E-state index contributed by atoms with van der Waals surface area (Å²) < 4.78 is 14.6. The van der Waals surface area contributed by atoms with Gasteiger partial charge in [-0.3, -0.25) is 14.8 Å². The first-order chi connectivity index (χ1) is 14.5. The average Bonchev–Trinajstić information content (AvgIpc) is 3.29. The van der Waals surface area contributed by atoms with E-state index in [2.05, 4.69) is 26.1 Å². The lowest BCUT2D eigenvalue weighted by atomic mass is 9.96. The van der Waals surface area contributed by atoms with Crippen LogP contribution in [0.4, 0.5) is 10.1 Å². The maximum absolute atomic E-state index is 13.6.